The fourth-order valence-electron chi connectivity index (χ4n) is 6.76. The van der Waals surface area contributed by atoms with Crippen molar-refractivity contribution < 1.29 is 32.5 Å². The van der Waals surface area contributed by atoms with Gasteiger partial charge in [0.05, 0.1) is 47.6 Å². The maximum absolute atomic E-state index is 14.1. The first kappa shape index (κ1) is 26.6. The summed E-state index contributed by atoms with van der Waals surface area (Å²) in [5.74, 6) is 0.114. The summed E-state index contributed by atoms with van der Waals surface area (Å²) in [5, 5.41) is 22.4. The van der Waals surface area contributed by atoms with Crippen molar-refractivity contribution in [3.8, 4) is 0 Å². The Labute approximate surface area is 214 Å². The third kappa shape index (κ3) is 4.81. The van der Waals surface area contributed by atoms with E-state index in [-0.39, 0.29) is 42.0 Å². The number of halogens is 3. The predicted molar refractivity (Wildman–Crippen MR) is 128 cm³/mol. The summed E-state index contributed by atoms with van der Waals surface area (Å²) in [6, 6.07) is 0.933. The van der Waals surface area contributed by atoms with Crippen LogP contribution in [0.25, 0.3) is 0 Å². The van der Waals surface area contributed by atoms with E-state index in [1.165, 1.54) is 0 Å². The minimum atomic E-state index is -4.49. The van der Waals surface area contributed by atoms with Crippen LogP contribution in [-0.4, -0.2) is 95.4 Å². The van der Waals surface area contributed by atoms with Gasteiger partial charge >= 0.3 is 6.18 Å². The Hall–Kier alpha value is -2.02. The van der Waals surface area contributed by atoms with Crippen LogP contribution in [0.5, 0.6) is 0 Å². The highest BCUT2D eigenvalue weighted by atomic mass is 19.4. The number of nitrogens with zero attached hydrogens (tertiary/aromatic N) is 4. The Morgan fingerprint density at radius 2 is 2.05 bits per heavy atom. The van der Waals surface area contributed by atoms with Crippen LogP contribution in [0.4, 0.5) is 19.0 Å². The van der Waals surface area contributed by atoms with Crippen molar-refractivity contribution >= 4 is 11.7 Å². The summed E-state index contributed by atoms with van der Waals surface area (Å²) in [6.07, 6.45) is -0.512. The van der Waals surface area contributed by atoms with Gasteiger partial charge in [0.1, 0.15) is 0 Å². The molecule has 0 spiro atoms. The fraction of sp³-hybridized carbons (Fsp3) is 0.800. The number of hydrogen-bond acceptors (Lipinski definition) is 8. The van der Waals surface area contributed by atoms with Crippen molar-refractivity contribution in [2.45, 2.75) is 88.0 Å². The van der Waals surface area contributed by atoms with Gasteiger partial charge in [0.2, 0.25) is 5.91 Å². The van der Waals surface area contributed by atoms with E-state index in [0.29, 0.717) is 45.6 Å². The second-order valence-electron chi connectivity index (χ2n) is 11.4. The highest BCUT2D eigenvalue weighted by Gasteiger charge is 2.59. The minimum Gasteiger partial charge on any atom is -0.389 e. The zero-order chi connectivity index (χ0) is 26.6. The van der Waals surface area contributed by atoms with Gasteiger partial charge in [-0.1, -0.05) is 0 Å². The van der Waals surface area contributed by atoms with Crippen molar-refractivity contribution in [2.75, 3.05) is 38.3 Å². The number of ether oxygens (including phenoxy) is 2. The van der Waals surface area contributed by atoms with Crippen LogP contribution in [-0.2, 0) is 20.4 Å². The minimum absolute atomic E-state index is 0.0548. The molecule has 1 amide bonds. The molecule has 4 heterocycles. The Kier molecular flexibility index (Phi) is 6.91. The number of amides is 1. The number of methoxy groups -OCH3 is 1. The molecule has 1 aromatic heterocycles. The molecule has 206 valence electrons. The molecule has 12 heteroatoms. The number of aromatic nitrogens is 2. The van der Waals surface area contributed by atoms with E-state index in [2.05, 4.69) is 15.5 Å². The number of nitrogens with one attached hydrogen (secondary N) is 1. The summed E-state index contributed by atoms with van der Waals surface area (Å²) >= 11 is 0. The van der Waals surface area contributed by atoms with Gasteiger partial charge in [-0.05, 0) is 52.0 Å². The summed E-state index contributed by atoms with van der Waals surface area (Å²) in [6.45, 7) is 5.39. The van der Waals surface area contributed by atoms with Crippen molar-refractivity contribution in [1.29, 1.82) is 0 Å². The normalized spacial score (nSPS) is 34.4. The number of fused-ring (bicyclic) bond motifs is 2. The van der Waals surface area contributed by atoms with Crippen LogP contribution >= 0.6 is 0 Å². The summed E-state index contributed by atoms with van der Waals surface area (Å²) in [5.41, 5.74) is -3.01. The molecule has 0 aromatic carbocycles. The maximum atomic E-state index is 14.1. The van der Waals surface area contributed by atoms with E-state index in [9.17, 15) is 23.1 Å². The lowest BCUT2D eigenvalue weighted by Crippen LogP contribution is -2.59. The highest BCUT2D eigenvalue weighted by Crippen LogP contribution is 2.50. The Balaban J connectivity index is 1.29. The van der Waals surface area contributed by atoms with E-state index in [1.54, 1.807) is 21.0 Å². The van der Waals surface area contributed by atoms with Crippen LogP contribution in [0.15, 0.2) is 12.3 Å². The molecule has 2 N–H and O–H groups in total. The predicted octanol–water partition coefficient (Wildman–Crippen LogP) is 1.99. The largest absolute Gasteiger partial charge is 0.418 e. The van der Waals surface area contributed by atoms with Gasteiger partial charge in [-0.3, -0.25) is 4.79 Å². The van der Waals surface area contributed by atoms with E-state index < -0.39 is 22.8 Å². The number of hydrogen-bond donors (Lipinski definition) is 2. The molecule has 2 bridgehead atoms. The fourth-order valence-corrected chi connectivity index (χ4v) is 6.76. The lowest BCUT2D eigenvalue weighted by Gasteiger charge is -2.45. The molecule has 9 nitrogen and oxygen atoms in total. The average Bonchev–Trinajstić information content (AvgIpc) is 3.58. The lowest BCUT2D eigenvalue weighted by atomic mass is 9.70. The van der Waals surface area contributed by atoms with Gasteiger partial charge in [-0.25, -0.2) is 0 Å². The summed E-state index contributed by atoms with van der Waals surface area (Å²) in [7, 11) is 1.67. The number of rotatable bonds is 6. The number of carbonyl (C=O) groups excluding carboxylic acids is 1. The molecule has 6 atom stereocenters. The van der Waals surface area contributed by atoms with Crippen LogP contribution < -0.4 is 10.2 Å². The van der Waals surface area contributed by atoms with Gasteiger partial charge in [-0.15, -0.1) is 5.10 Å². The zero-order valence-corrected chi connectivity index (χ0v) is 21.5. The molecule has 5 rings (SSSR count). The monoisotopic (exact) mass is 527 g/mol. The molecule has 0 unspecified atom stereocenters. The van der Waals surface area contributed by atoms with Gasteiger partial charge < -0.3 is 29.7 Å². The number of likely N-dealkylation sites (tertiary alicyclic amines) is 1. The van der Waals surface area contributed by atoms with Crippen molar-refractivity contribution in [3.05, 3.63) is 17.8 Å². The Morgan fingerprint density at radius 1 is 1.27 bits per heavy atom. The molecule has 3 saturated heterocycles. The smallest absolute Gasteiger partial charge is 0.389 e. The number of piperazine rings is 1. The lowest BCUT2D eigenvalue weighted by molar-refractivity contribution is -0.159. The maximum Gasteiger partial charge on any atom is 0.418 e. The molecule has 0 radical (unpaired) electrons. The quantitative estimate of drug-likeness (QED) is 0.580. The average molecular weight is 528 g/mol. The summed E-state index contributed by atoms with van der Waals surface area (Å²) in [4.78, 5) is 17.8. The van der Waals surface area contributed by atoms with Crippen molar-refractivity contribution in [3.63, 3.8) is 0 Å². The number of alkyl halides is 3. The Morgan fingerprint density at radius 3 is 2.70 bits per heavy atom. The van der Waals surface area contributed by atoms with Crippen LogP contribution in [0.3, 0.4) is 0 Å². The van der Waals surface area contributed by atoms with Crippen LogP contribution in [0.1, 0.15) is 51.5 Å². The molecular formula is C25H36F3N5O4. The molecule has 37 heavy (non-hydrogen) atoms. The Bertz CT molecular complexity index is 1010. The van der Waals surface area contributed by atoms with Crippen LogP contribution in [0, 0.1) is 5.41 Å². The zero-order valence-electron chi connectivity index (χ0n) is 21.5. The third-order valence-electron chi connectivity index (χ3n) is 8.92. The highest BCUT2D eigenvalue weighted by molar-refractivity contribution is 5.85. The first-order valence-corrected chi connectivity index (χ1v) is 13.0. The molecule has 1 saturated carbocycles. The van der Waals surface area contributed by atoms with Gasteiger partial charge in [0.25, 0.3) is 0 Å². The third-order valence-corrected chi connectivity index (χ3v) is 8.92. The van der Waals surface area contributed by atoms with Crippen LogP contribution in [0.2, 0.25) is 0 Å². The molecular weight excluding hydrogens is 491 g/mol. The van der Waals surface area contributed by atoms with Gasteiger partial charge in [0.15, 0.2) is 5.82 Å². The molecule has 1 aliphatic carbocycles. The SMILES string of the molecule is CO[C@@H]1COCC[C@@H]1N[C@@H]1CC[C@@](C(=O)N2C[C@@H]3C[C@H]2CN3c2cc(C(F)(F)F)cnn2)(C(C)(C)O)C1. The molecule has 3 aliphatic heterocycles. The van der Waals surface area contributed by atoms with E-state index in [0.717, 1.165) is 25.1 Å². The van der Waals surface area contributed by atoms with E-state index in [1.807, 2.05) is 9.80 Å². The molecule has 4 aliphatic rings. The number of carbonyl (C=O) groups is 1. The summed E-state index contributed by atoms with van der Waals surface area (Å²) < 4.78 is 50.6. The topological polar surface area (TPSA) is 100 Å². The first-order chi connectivity index (χ1) is 17.4. The van der Waals surface area contributed by atoms with Gasteiger partial charge in [0, 0.05) is 38.9 Å². The van der Waals surface area contributed by atoms with E-state index >= 15 is 0 Å². The van der Waals surface area contributed by atoms with Crippen molar-refractivity contribution in [1.82, 2.24) is 20.4 Å². The first-order valence-electron chi connectivity index (χ1n) is 13.0. The second kappa shape index (κ2) is 9.62. The molecule has 4 fully saturated rings. The van der Waals surface area contributed by atoms with Crippen molar-refractivity contribution in [2.24, 2.45) is 5.41 Å². The number of anilines is 1. The standard InChI is InChI=1S/C25H36F3N5O4/c1-23(2,35)24(6-4-16(10-24)30-19-5-7-37-14-20(19)36-3)22(34)33-13-17-9-18(33)12-32(17)21-8-15(11-29-31-21)25(26,27)28/h8,11,16-20,30,35H,4-7,9-10,12-14H2,1-3H3/t16-,17+,18+,19+,20-,24-/m1/s1. The van der Waals surface area contributed by atoms with Gasteiger partial charge in [-0.2, -0.15) is 18.3 Å². The molecule has 1 aromatic rings. The second-order valence-corrected chi connectivity index (χ2v) is 11.4. The van der Waals surface area contributed by atoms with E-state index in [4.69, 9.17) is 9.47 Å². The number of aliphatic hydroxyl groups is 1.